The van der Waals surface area contributed by atoms with Crippen LogP contribution in [0.25, 0.3) is 0 Å². The molecule has 35 heavy (non-hydrogen) atoms. The maximum absolute atomic E-state index is 14.4. The SMILES string of the molecule is CN1CCC(=O)N(c2ccc(Nc3cc(NC4CCc5cccc(F)c54)c(C(N)=O)[nH]3)nc2)CC1. The molecule has 1 aliphatic heterocycles. The van der Waals surface area contributed by atoms with Gasteiger partial charge in [-0.3, -0.25) is 9.59 Å². The van der Waals surface area contributed by atoms with Crippen molar-refractivity contribution in [2.24, 2.45) is 5.73 Å². The van der Waals surface area contributed by atoms with Gasteiger partial charge >= 0.3 is 0 Å². The molecule has 1 aromatic carbocycles. The van der Waals surface area contributed by atoms with Crippen molar-refractivity contribution in [3.8, 4) is 0 Å². The van der Waals surface area contributed by atoms with Gasteiger partial charge in [0.1, 0.15) is 23.1 Å². The van der Waals surface area contributed by atoms with Gasteiger partial charge in [0.25, 0.3) is 5.91 Å². The molecule has 1 atom stereocenters. The largest absolute Gasteiger partial charge is 0.376 e. The zero-order valence-electron chi connectivity index (χ0n) is 19.5. The fourth-order valence-electron chi connectivity index (χ4n) is 4.76. The van der Waals surface area contributed by atoms with E-state index in [0.29, 0.717) is 35.9 Å². The average molecular weight is 478 g/mol. The maximum atomic E-state index is 14.4. The van der Waals surface area contributed by atoms with Crippen molar-refractivity contribution < 1.29 is 14.0 Å². The summed E-state index contributed by atoms with van der Waals surface area (Å²) in [6.45, 7) is 2.16. The number of aromatic nitrogens is 2. The second-order valence-corrected chi connectivity index (χ2v) is 9.01. The first kappa shape index (κ1) is 22.9. The van der Waals surface area contributed by atoms with E-state index in [-0.39, 0.29) is 23.5 Å². The minimum atomic E-state index is -0.625. The van der Waals surface area contributed by atoms with Crippen LogP contribution in [0.1, 0.15) is 40.5 Å². The highest BCUT2D eigenvalue weighted by Gasteiger charge is 2.27. The monoisotopic (exact) mass is 477 g/mol. The molecule has 2 aromatic heterocycles. The molecule has 9 nitrogen and oxygen atoms in total. The Morgan fingerprint density at radius 2 is 2.06 bits per heavy atom. The summed E-state index contributed by atoms with van der Waals surface area (Å²) in [6, 6.07) is 10.2. The molecule has 2 amide bonds. The van der Waals surface area contributed by atoms with Gasteiger partial charge in [-0.05, 0) is 43.7 Å². The highest BCUT2D eigenvalue weighted by molar-refractivity contribution is 5.98. The van der Waals surface area contributed by atoms with E-state index in [1.54, 1.807) is 29.3 Å². The Morgan fingerprint density at radius 1 is 1.20 bits per heavy atom. The molecular weight excluding hydrogens is 449 g/mol. The summed E-state index contributed by atoms with van der Waals surface area (Å²) in [5, 5.41) is 6.42. The molecule has 10 heteroatoms. The number of likely N-dealkylation sites (N-methyl/N-ethyl adjacent to an activating group) is 1. The van der Waals surface area contributed by atoms with Crippen LogP contribution in [0.2, 0.25) is 0 Å². The van der Waals surface area contributed by atoms with Gasteiger partial charge in [-0.25, -0.2) is 9.37 Å². The maximum Gasteiger partial charge on any atom is 0.267 e. The van der Waals surface area contributed by atoms with Crippen molar-refractivity contribution >= 4 is 34.8 Å². The Kier molecular flexibility index (Phi) is 6.12. The van der Waals surface area contributed by atoms with Gasteiger partial charge in [0.15, 0.2) is 0 Å². The molecule has 182 valence electrons. The fourth-order valence-corrected chi connectivity index (χ4v) is 4.76. The first-order valence-corrected chi connectivity index (χ1v) is 11.7. The van der Waals surface area contributed by atoms with Crippen molar-refractivity contribution in [1.29, 1.82) is 0 Å². The van der Waals surface area contributed by atoms with E-state index in [4.69, 9.17) is 5.73 Å². The molecule has 0 radical (unpaired) electrons. The van der Waals surface area contributed by atoms with E-state index in [1.807, 2.05) is 19.2 Å². The van der Waals surface area contributed by atoms with E-state index in [0.717, 1.165) is 37.2 Å². The summed E-state index contributed by atoms with van der Waals surface area (Å²) in [5.74, 6) is 0.244. The van der Waals surface area contributed by atoms with Gasteiger partial charge < -0.3 is 31.2 Å². The van der Waals surface area contributed by atoms with Crippen LogP contribution in [0.3, 0.4) is 0 Å². The number of nitrogens with zero attached hydrogens (tertiary/aromatic N) is 3. The second kappa shape index (κ2) is 9.38. The van der Waals surface area contributed by atoms with Gasteiger partial charge in [-0.1, -0.05) is 12.1 Å². The molecule has 1 saturated heterocycles. The molecule has 0 bridgehead atoms. The topological polar surface area (TPSA) is 119 Å². The van der Waals surface area contributed by atoms with Gasteiger partial charge in [0.05, 0.1) is 23.6 Å². The summed E-state index contributed by atoms with van der Waals surface area (Å²) in [6.07, 6.45) is 3.61. The highest BCUT2D eigenvalue weighted by Crippen LogP contribution is 2.37. The Hall–Kier alpha value is -3.92. The third kappa shape index (κ3) is 4.69. The summed E-state index contributed by atoms with van der Waals surface area (Å²) < 4.78 is 14.4. The molecule has 5 rings (SSSR count). The summed E-state index contributed by atoms with van der Waals surface area (Å²) in [5.41, 5.74) is 8.63. The van der Waals surface area contributed by atoms with E-state index < -0.39 is 5.91 Å². The van der Waals surface area contributed by atoms with Crippen LogP contribution in [0.4, 0.5) is 27.4 Å². The van der Waals surface area contributed by atoms with Gasteiger partial charge in [-0.2, -0.15) is 0 Å². The first-order chi connectivity index (χ1) is 16.9. The molecule has 1 aliphatic carbocycles. The number of primary amides is 1. The van der Waals surface area contributed by atoms with Crippen LogP contribution in [-0.4, -0.2) is 53.4 Å². The molecule has 0 spiro atoms. The predicted molar refractivity (Wildman–Crippen MR) is 132 cm³/mol. The predicted octanol–water partition coefficient (Wildman–Crippen LogP) is 3.16. The summed E-state index contributed by atoms with van der Waals surface area (Å²) in [7, 11) is 2.00. The zero-order chi connectivity index (χ0) is 24.5. The van der Waals surface area contributed by atoms with E-state index in [9.17, 15) is 14.0 Å². The van der Waals surface area contributed by atoms with Crippen molar-refractivity contribution in [2.45, 2.75) is 25.3 Å². The number of amides is 2. The van der Waals surface area contributed by atoms with E-state index in [1.165, 1.54) is 6.07 Å². The van der Waals surface area contributed by atoms with Crippen LogP contribution in [0, 0.1) is 5.82 Å². The molecule has 0 saturated carbocycles. The Balaban J connectivity index is 1.32. The number of aromatic amines is 1. The van der Waals surface area contributed by atoms with Crippen LogP contribution < -0.4 is 21.3 Å². The smallest absolute Gasteiger partial charge is 0.267 e. The lowest BCUT2D eigenvalue weighted by molar-refractivity contribution is -0.118. The summed E-state index contributed by atoms with van der Waals surface area (Å²) >= 11 is 0. The molecule has 2 aliphatic rings. The molecule has 1 fully saturated rings. The number of H-pyrrole nitrogens is 1. The number of pyridine rings is 1. The third-order valence-corrected chi connectivity index (χ3v) is 6.62. The van der Waals surface area contributed by atoms with Gasteiger partial charge in [0, 0.05) is 37.7 Å². The van der Waals surface area contributed by atoms with Crippen molar-refractivity contribution in [2.75, 3.05) is 42.2 Å². The number of rotatable bonds is 6. The molecule has 3 aromatic rings. The number of anilines is 4. The van der Waals surface area contributed by atoms with E-state index in [2.05, 4.69) is 25.5 Å². The van der Waals surface area contributed by atoms with Crippen molar-refractivity contribution in [3.63, 3.8) is 0 Å². The number of hydrogen-bond acceptors (Lipinski definition) is 6. The third-order valence-electron chi connectivity index (χ3n) is 6.62. The molecule has 1 unspecified atom stereocenters. The number of nitrogens with one attached hydrogen (secondary N) is 3. The number of halogens is 1. The lowest BCUT2D eigenvalue weighted by atomic mass is 10.1. The number of carbonyl (C=O) groups is 2. The quantitative estimate of drug-likeness (QED) is 0.433. The van der Waals surface area contributed by atoms with E-state index >= 15 is 0 Å². The minimum Gasteiger partial charge on any atom is -0.376 e. The Bertz CT molecular complexity index is 1260. The zero-order valence-corrected chi connectivity index (χ0v) is 19.5. The molecule has 3 heterocycles. The number of benzene rings is 1. The van der Waals surface area contributed by atoms with Crippen LogP contribution in [-0.2, 0) is 11.2 Å². The van der Waals surface area contributed by atoms with Crippen molar-refractivity contribution in [3.05, 3.63) is 65.2 Å². The standard InChI is InChI=1S/C25H28FN7O2/c1-32-10-9-22(34)33(12-11-32)16-6-8-20(28-14-16)30-21-13-19(24(31-21)25(27)35)29-18-7-5-15-3-2-4-17(26)23(15)18/h2-4,6,8,13-14,18,29,31H,5,7,9-12H2,1H3,(H2,27,35)(H,28,30). The van der Waals surface area contributed by atoms with Gasteiger partial charge in [-0.15, -0.1) is 0 Å². The Morgan fingerprint density at radius 3 is 2.83 bits per heavy atom. The Labute approximate surface area is 202 Å². The number of nitrogens with two attached hydrogens (primary N) is 1. The second-order valence-electron chi connectivity index (χ2n) is 9.01. The number of fused-ring (bicyclic) bond motifs is 1. The summed E-state index contributed by atoms with van der Waals surface area (Å²) in [4.78, 5) is 35.8. The van der Waals surface area contributed by atoms with Crippen LogP contribution >= 0.6 is 0 Å². The van der Waals surface area contributed by atoms with Gasteiger partial charge in [0.2, 0.25) is 5.91 Å². The number of aryl methyl sites for hydroxylation is 1. The number of carbonyl (C=O) groups excluding carboxylic acids is 2. The first-order valence-electron chi connectivity index (χ1n) is 11.7. The van der Waals surface area contributed by atoms with Crippen LogP contribution in [0.15, 0.2) is 42.6 Å². The normalized spacial score (nSPS) is 18.3. The molecule has 5 N–H and O–H groups in total. The average Bonchev–Trinajstić information content (AvgIpc) is 3.39. The fraction of sp³-hybridized carbons (Fsp3) is 0.320. The minimum absolute atomic E-state index is 0.0768. The molecular formula is C25H28FN7O2. The van der Waals surface area contributed by atoms with Crippen molar-refractivity contribution in [1.82, 2.24) is 14.9 Å². The number of hydrogen-bond donors (Lipinski definition) is 4. The van der Waals surface area contributed by atoms with Crippen LogP contribution in [0.5, 0.6) is 0 Å². The lowest BCUT2D eigenvalue weighted by Gasteiger charge is -2.20. The lowest BCUT2D eigenvalue weighted by Crippen LogP contribution is -2.32. The highest BCUT2D eigenvalue weighted by atomic mass is 19.1.